The largest absolute Gasteiger partial charge is 0.396 e. The van der Waals surface area contributed by atoms with Crippen LogP contribution in [-0.4, -0.2) is 49.5 Å². The predicted molar refractivity (Wildman–Crippen MR) is 64.5 cm³/mol. The van der Waals surface area contributed by atoms with Gasteiger partial charge in [0, 0.05) is 32.8 Å². The molecule has 1 spiro atoms. The Balaban J connectivity index is 1.80. The molecule has 1 aliphatic heterocycles. The summed E-state index contributed by atoms with van der Waals surface area (Å²) < 4.78 is 5.24. The summed E-state index contributed by atoms with van der Waals surface area (Å²) in [5, 5.41) is 9.05. The summed E-state index contributed by atoms with van der Waals surface area (Å²) >= 11 is 0. The summed E-state index contributed by atoms with van der Waals surface area (Å²) in [5.41, 5.74) is 0.639. The number of hydrogen-bond acceptors (Lipinski definition) is 3. The van der Waals surface area contributed by atoms with E-state index in [1.807, 2.05) is 0 Å². The van der Waals surface area contributed by atoms with Crippen LogP contribution in [0.15, 0.2) is 0 Å². The molecule has 16 heavy (non-hydrogen) atoms. The molecule has 2 rings (SSSR count). The van der Waals surface area contributed by atoms with Gasteiger partial charge in [-0.3, -0.25) is 4.90 Å². The average molecular weight is 227 g/mol. The van der Waals surface area contributed by atoms with Crippen LogP contribution in [0.3, 0.4) is 0 Å². The normalized spacial score (nSPS) is 26.6. The third-order valence-corrected chi connectivity index (χ3v) is 4.33. The van der Waals surface area contributed by atoms with Crippen LogP contribution in [-0.2, 0) is 4.74 Å². The van der Waals surface area contributed by atoms with Crippen LogP contribution in [0, 0.1) is 5.41 Å². The van der Waals surface area contributed by atoms with Gasteiger partial charge in [0.2, 0.25) is 0 Å². The Labute approximate surface area is 98.8 Å². The van der Waals surface area contributed by atoms with E-state index in [2.05, 4.69) is 4.90 Å². The van der Waals surface area contributed by atoms with Crippen LogP contribution in [0.1, 0.15) is 38.5 Å². The van der Waals surface area contributed by atoms with Crippen molar-refractivity contribution in [2.45, 2.75) is 44.6 Å². The Hall–Kier alpha value is -0.120. The van der Waals surface area contributed by atoms with Crippen molar-refractivity contribution in [1.82, 2.24) is 4.90 Å². The molecule has 1 saturated carbocycles. The molecule has 1 heterocycles. The summed E-state index contributed by atoms with van der Waals surface area (Å²) in [6.07, 6.45) is 7.96. The number of ether oxygens (including phenoxy) is 1. The zero-order valence-electron chi connectivity index (χ0n) is 10.5. The van der Waals surface area contributed by atoms with Crippen LogP contribution < -0.4 is 0 Å². The molecule has 2 aliphatic rings. The molecule has 0 aromatic heterocycles. The molecule has 3 heteroatoms. The lowest BCUT2D eigenvalue weighted by molar-refractivity contribution is -0.0751. The van der Waals surface area contributed by atoms with Gasteiger partial charge < -0.3 is 9.84 Å². The van der Waals surface area contributed by atoms with Gasteiger partial charge in [-0.05, 0) is 24.7 Å². The van der Waals surface area contributed by atoms with Gasteiger partial charge >= 0.3 is 0 Å². The van der Waals surface area contributed by atoms with E-state index < -0.39 is 0 Å². The number of hydrogen-bond donors (Lipinski definition) is 1. The van der Waals surface area contributed by atoms with Gasteiger partial charge in [-0.1, -0.05) is 19.3 Å². The topological polar surface area (TPSA) is 32.7 Å². The van der Waals surface area contributed by atoms with Crippen molar-refractivity contribution >= 4 is 0 Å². The highest BCUT2D eigenvalue weighted by Gasteiger charge is 2.45. The van der Waals surface area contributed by atoms with E-state index in [-0.39, 0.29) is 6.61 Å². The summed E-state index contributed by atoms with van der Waals surface area (Å²) in [6.45, 7) is 3.51. The number of rotatable bonds is 5. The van der Waals surface area contributed by atoms with E-state index in [1.165, 1.54) is 45.2 Å². The molecular formula is C13H25NO2. The van der Waals surface area contributed by atoms with E-state index in [9.17, 15) is 0 Å². The fourth-order valence-electron chi connectivity index (χ4n) is 3.40. The van der Waals surface area contributed by atoms with Crippen LogP contribution in [0.4, 0.5) is 0 Å². The smallest absolute Gasteiger partial charge is 0.0618 e. The van der Waals surface area contributed by atoms with Crippen molar-refractivity contribution in [3.8, 4) is 0 Å². The second-order valence-electron chi connectivity index (χ2n) is 5.59. The first-order chi connectivity index (χ1) is 7.79. The van der Waals surface area contributed by atoms with Crippen molar-refractivity contribution < 1.29 is 9.84 Å². The molecule has 0 radical (unpaired) electrons. The molecule has 1 unspecified atom stereocenters. The molecule has 1 atom stereocenters. The van der Waals surface area contributed by atoms with Gasteiger partial charge in [-0.15, -0.1) is 0 Å². The highest BCUT2D eigenvalue weighted by molar-refractivity contribution is 4.98. The van der Waals surface area contributed by atoms with Gasteiger partial charge in [-0.25, -0.2) is 0 Å². The quantitative estimate of drug-likeness (QED) is 0.775. The molecule has 2 fully saturated rings. The lowest BCUT2D eigenvalue weighted by atomic mass is 9.68. The minimum absolute atomic E-state index is 0.275. The van der Waals surface area contributed by atoms with Crippen molar-refractivity contribution in [1.29, 1.82) is 0 Å². The first-order valence-corrected chi connectivity index (χ1v) is 6.63. The first-order valence-electron chi connectivity index (χ1n) is 6.63. The fraction of sp³-hybridized carbons (Fsp3) is 1.00. The second kappa shape index (κ2) is 5.48. The van der Waals surface area contributed by atoms with Crippen LogP contribution >= 0.6 is 0 Å². The van der Waals surface area contributed by atoms with Crippen molar-refractivity contribution in [3.63, 3.8) is 0 Å². The van der Waals surface area contributed by atoms with Crippen LogP contribution in [0.5, 0.6) is 0 Å². The standard InChI is InChI=1S/C13H25NO2/c1-16-9-12(5-8-15)14-10-13(11-14)6-3-2-4-7-13/h12,15H,2-11H2,1H3. The summed E-state index contributed by atoms with van der Waals surface area (Å²) in [6, 6.07) is 0.433. The Bertz CT molecular complexity index is 200. The average Bonchev–Trinajstić information content (AvgIpc) is 2.27. The van der Waals surface area contributed by atoms with Crippen molar-refractivity contribution in [2.75, 3.05) is 33.4 Å². The number of methoxy groups -OCH3 is 1. The summed E-state index contributed by atoms with van der Waals surface area (Å²) in [5.74, 6) is 0. The lowest BCUT2D eigenvalue weighted by Gasteiger charge is -2.55. The zero-order valence-corrected chi connectivity index (χ0v) is 10.5. The van der Waals surface area contributed by atoms with Gasteiger partial charge in [0.1, 0.15) is 0 Å². The van der Waals surface area contributed by atoms with Gasteiger partial charge in [0.05, 0.1) is 6.61 Å². The summed E-state index contributed by atoms with van der Waals surface area (Å²) in [7, 11) is 1.75. The zero-order chi connectivity index (χ0) is 11.4. The molecule has 3 nitrogen and oxygen atoms in total. The maximum atomic E-state index is 9.05. The van der Waals surface area contributed by atoms with Crippen LogP contribution in [0.25, 0.3) is 0 Å². The second-order valence-corrected chi connectivity index (χ2v) is 5.59. The van der Waals surface area contributed by atoms with E-state index in [4.69, 9.17) is 9.84 Å². The predicted octanol–water partition coefficient (Wildman–Crippen LogP) is 1.65. The first kappa shape index (κ1) is 12.3. The van der Waals surface area contributed by atoms with Gasteiger partial charge in [-0.2, -0.15) is 0 Å². The molecule has 0 aromatic carbocycles. The fourth-order valence-corrected chi connectivity index (χ4v) is 3.40. The van der Waals surface area contributed by atoms with E-state index in [0.29, 0.717) is 11.5 Å². The van der Waals surface area contributed by atoms with E-state index >= 15 is 0 Å². The third-order valence-electron chi connectivity index (χ3n) is 4.33. The highest BCUT2D eigenvalue weighted by atomic mass is 16.5. The molecule has 0 amide bonds. The van der Waals surface area contributed by atoms with Gasteiger partial charge in [0.25, 0.3) is 0 Å². The lowest BCUT2D eigenvalue weighted by Crippen LogP contribution is -2.61. The number of nitrogens with zero attached hydrogens (tertiary/aromatic N) is 1. The maximum absolute atomic E-state index is 9.05. The Morgan fingerprint density at radius 2 is 1.94 bits per heavy atom. The number of aliphatic hydroxyl groups excluding tert-OH is 1. The van der Waals surface area contributed by atoms with Crippen molar-refractivity contribution in [2.24, 2.45) is 5.41 Å². The monoisotopic (exact) mass is 227 g/mol. The highest BCUT2D eigenvalue weighted by Crippen LogP contribution is 2.44. The molecule has 94 valence electrons. The Kier molecular flexibility index (Phi) is 4.22. The van der Waals surface area contributed by atoms with Crippen molar-refractivity contribution in [3.05, 3.63) is 0 Å². The SMILES string of the molecule is COCC(CCO)N1CC2(CCCCC2)C1. The molecule has 1 saturated heterocycles. The molecule has 1 aliphatic carbocycles. The van der Waals surface area contributed by atoms with Gasteiger partial charge in [0.15, 0.2) is 0 Å². The Morgan fingerprint density at radius 3 is 2.50 bits per heavy atom. The molecule has 0 bridgehead atoms. The van der Waals surface area contributed by atoms with E-state index in [1.54, 1.807) is 7.11 Å². The third kappa shape index (κ3) is 2.58. The van der Waals surface area contributed by atoms with Crippen LogP contribution in [0.2, 0.25) is 0 Å². The Morgan fingerprint density at radius 1 is 1.25 bits per heavy atom. The molecule has 0 aromatic rings. The molecular weight excluding hydrogens is 202 g/mol. The minimum Gasteiger partial charge on any atom is -0.396 e. The summed E-state index contributed by atoms with van der Waals surface area (Å²) in [4.78, 5) is 2.50. The maximum Gasteiger partial charge on any atom is 0.0618 e. The molecule has 1 N–H and O–H groups in total. The van der Waals surface area contributed by atoms with E-state index in [0.717, 1.165) is 13.0 Å². The minimum atomic E-state index is 0.275. The number of aliphatic hydroxyl groups is 1. The number of likely N-dealkylation sites (tertiary alicyclic amines) is 1.